The van der Waals surface area contributed by atoms with E-state index in [2.05, 4.69) is 22.8 Å². The largest absolute Gasteiger partial charge is 0.352 e. The molecule has 1 aliphatic heterocycles. The van der Waals surface area contributed by atoms with Crippen LogP contribution in [0.1, 0.15) is 37.2 Å². The minimum absolute atomic E-state index is 0.189. The van der Waals surface area contributed by atoms with E-state index in [0.29, 0.717) is 24.4 Å². The third-order valence-electron chi connectivity index (χ3n) is 4.22. The number of nitrogens with one attached hydrogen (secondary N) is 2. The van der Waals surface area contributed by atoms with Crippen LogP contribution in [0.25, 0.3) is 0 Å². The summed E-state index contributed by atoms with van der Waals surface area (Å²) in [5.41, 5.74) is 1.27. The van der Waals surface area contributed by atoms with E-state index >= 15 is 0 Å². The monoisotopic (exact) mass is 278 g/mol. The van der Waals surface area contributed by atoms with E-state index in [9.17, 15) is 4.79 Å². The third-order valence-corrected chi connectivity index (χ3v) is 4.57. The van der Waals surface area contributed by atoms with Crippen molar-refractivity contribution in [2.75, 3.05) is 6.54 Å². The summed E-state index contributed by atoms with van der Waals surface area (Å²) in [6.07, 6.45) is 3.93. The lowest BCUT2D eigenvalue weighted by Gasteiger charge is -2.37. The van der Waals surface area contributed by atoms with Gasteiger partial charge in [0, 0.05) is 30.1 Å². The molecule has 1 aliphatic carbocycles. The van der Waals surface area contributed by atoms with Crippen molar-refractivity contribution in [2.24, 2.45) is 0 Å². The van der Waals surface area contributed by atoms with E-state index in [1.807, 2.05) is 12.1 Å². The van der Waals surface area contributed by atoms with Crippen LogP contribution in [0.4, 0.5) is 0 Å². The van der Waals surface area contributed by atoms with E-state index in [0.717, 1.165) is 30.8 Å². The maximum absolute atomic E-state index is 11.1. The summed E-state index contributed by atoms with van der Waals surface area (Å²) in [6.45, 7) is 0.894. The molecule has 0 spiro atoms. The minimum atomic E-state index is 0.189. The predicted molar refractivity (Wildman–Crippen MR) is 76.4 cm³/mol. The SMILES string of the molecule is O=C1CCC(CNC2CC(c3ccccc3Cl)C2)N1. The Bertz CT molecular complexity index is 471. The highest BCUT2D eigenvalue weighted by Gasteiger charge is 2.32. The van der Waals surface area contributed by atoms with Crippen molar-refractivity contribution in [3.05, 3.63) is 34.9 Å². The average molecular weight is 279 g/mol. The van der Waals surface area contributed by atoms with Crippen LogP contribution in [0.3, 0.4) is 0 Å². The second kappa shape index (κ2) is 5.51. The normalized spacial score (nSPS) is 29.9. The van der Waals surface area contributed by atoms with Crippen LogP contribution in [0.5, 0.6) is 0 Å². The first kappa shape index (κ1) is 12.9. The molecule has 1 amide bonds. The molecule has 1 heterocycles. The maximum Gasteiger partial charge on any atom is 0.220 e. The number of amides is 1. The van der Waals surface area contributed by atoms with Crippen LogP contribution < -0.4 is 10.6 Å². The number of carbonyl (C=O) groups excluding carboxylic acids is 1. The first-order valence-electron chi connectivity index (χ1n) is 6.99. The molecule has 19 heavy (non-hydrogen) atoms. The van der Waals surface area contributed by atoms with Gasteiger partial charge in [0.2, 0.25) is 5.91 Å². The molecule has 4 heteroatoms. The van der Waals surface area contributed by atoms with Gasteiger partial charge in [-0.25, -0.2) is 0 Å². The standard InChI is InChI=1S/C15H19ClN2O/c16-14-4-2-1-3-13(14)10-7-12(8-10)17-9-11-5-6-15(19)18-11/h1-4,10-12,17H,5-9H2,(H,18,19). The molecule has 1 saturated heterocycles. The van der Waals surface area contributed by atoms with Gasteiger partial charge in [0.15, 0.2) is 0 Å². The van der Waals surface area contributed by atoms with Gasteiger partial charge >= 0.3 is 0 Å². The van der Waals surface area contributed by atoms with Crippen LogP contribution in [0.2, 0.25) is 5.02 Å². The Balaban J connectivity index is 1.43. The molecule has 1 aromatic carbocycles. The molecular formula is C15H19ClN2O. The van der Waals surface area contributed by atoms with E-state index < -0.39 is 0 Å². The summed E-state index contributed by atoms with van der Waals surface area (Å²) in [5.74, 6) is 0.777. The average Bonchev–Trinajstić information content (AvgIpc) is 2.75. The summed E-state index contributed by atoms with van der Waals surface area (Å²) in [7, 11) is 0. The molecule has 0 aromatic heterocycles. The second-order valence-corrected chi connectivity index (χ2v) is 6.01. The molecule has 0 bridgehead atoms. The molecule has 2 N–H and O–H groups in total. The first-order chi connectivity index (χ1) is 9.22. The fourth-order valence-electron chi connectivity index (χ4n) is 2.98. The van der Waals surface area contributed by atoms with Crippen molar-refractivity contribution in [1.82, 2.24) is 10.6 Å². The van der Waals surface area contributed by atoms with Gasteiger partial charge < -0.3 is 10.6 Å². The molecule has 2 aliphatic rings. The first-order valence-corrected chi connectivity index (χ1v) is 7.37. The summed E-state index contributed by atoms with van der Waals surface area (Å²) >= 11 is 6.21. The summed E-state index contributed by atoms with van der Waals surface area (Å²) < 4.78 is 0. The second-order valence-electron chi connectivity index (χ2n) is 5.60. The van der Waals surface area contributed by atoms with Crippen molar-refractivity contribution in [3.8, 4) is 0 Å². The van der Waals surface area contributed by atoms with Crippen molar-refractivity contribution < 1.29 is 4.79 Å². The lowest BCUT2D eigenvalue weighted by molar-refractivity contribution is -0.119. The Labute approximate surface area is 118 Å². The van der Waals surface area contributed by atoms with Gasteiger partial charge in [-0.1, -0.05) is 29.8 Å². The summed E-state index contributed by atoms with van der Waals surface area (Å²) in [4.78, 5) is 11.1. The van der Waals surface area contributed by atoms with Crippen molar-refractivity contribution in [2.45, 2.75) is 43.7 Å². The smallest absolute Gasteiger partial charge is 0.220 e. The van der Waals surface area contributed by atoms with Crippen molar-refractivity contribution in [3.63, 3.8) is 0 Å². The van der Waals surface area contributed by atoms with E-state index in [4.69, 9.17) is 11.6 Å². The van der Waals surface area contributed by atoms with Gasteiger partial charge in [-0.15, -0.1) is 0 Å². The topological polar surface area (TPSA) is 41.1 Å². The van der Waals surface area contributed by atoms with E-state index in [-0.39, 0.29) is 5.91 Å². The van der Waals surface area contributed by atoms with E-state index in [1.54, 1.807) is 0 Å². The number of benzene rings is 1. The molecule has 1 aromatic rings. The highest BCUT2D eigenvalue weighted by Crippen LogP contribution is 2.39. The van der Waals surface area contributed by atoms with Gasteiger partial charge in [0.05, 0.1) is 0 Å². The zero-order valence-corrected chi connectivity index (χ0v) is 11.6. The van der Waals surface area contributed by atoms with Gasteiger partial charge in [0.25, 0.3) is 0 Å². The Morgan fingerprint density at radius 2 is 2.11 bits per heavy atom. The van der Waals surface area contributed by atoms with Gasteiger partial charge in [-0.05, 0) is 36.8 Å². The molecule has 1 unspecified atom stereocenters. The molecular weight excluding hydrogens is 260 g/mol. The highest BCUT2D eigenvalue weighted by molar-refractivity contribution is 6.31. The number of hydrogen-bond acceptors (Lipinski definition) is 2. The summed E-state index contributed by atoms with van der Waals surface area (Å²) in [6, 6.07) is 9.01. The summed E-state index contributed by atoms with van der Waals surface area (Å²) in [5, 5.41) is 7.41. The van der Waals surface area contributed by atoms with Crippen LogP contribution >= 0.6 is 11.6 Å². The van der Waals surface area contributed by atoms with E-state index in [1.165, 1.54) is 5.56 Å². The van der Waals surface area contributed by atoms with Crippen LogP contribution in [0, 0.1) is 0 Å². The zero-order chi connectivity index (χ0) is 13.2. The lowest BCUT2D eigenvalue weighted by Crippen LogP contribution is -2.45. The van der Waals surface area contributed by atoms with Crippen molar-refractivity contribution >= 4 is 17.5 Å². The fourth-order valence-corrected chi connectivity index (χ4v) is 3.27. The molecule has 3 nitrogen and oxygen atoms in total. The molecule has 0 radical (unpaired) electrons. The number of hydrogen-bond donors (Lipinski definition) is 2. The van der Waals surface area contributed by atoms with Crippen molar-refractivity contribution in [1.29, 1.82) is 0 Å². The van der Waals surface area contributed by atoms with Crippen LogP contribution in [-0.4, -0.2) is 24.5 Å². The Kier molecular flexibility index (Phi) is 3.76. The fraction of sp³-hybridized carbons (Fsp3) is 0.533. The van der Waals surface area contributed by atoms with Crippen LogP contribution in [0.15, 0.2) is 24.3 Å². The Hall–Kier alpha value is -1.06. The molecule has 102 valence electrons. The van der Waals surface area contributed by atoms with Gasteiger partial charge in [-0.3, -0.25) is 4.79 Å². The predicted octanol–water partition coefficient (Wildman–Crippen LogP) is 2.45. The highest BCUT2D eigenvalue weighted by atomic mass is 35.5. The molecule has 3 rings (SSSR count). The lowest BCUT2D eigenvalue weighted by atomic mass is 9.76. The third kappa shape index (κ3) is 2.93. The molecule has 1 atom stereocenters. The van der Waals surface area contributed by atoms with Crippen LogP contribution in [-0.2, 0) is 4.79 Å². The van der Waals surface area contributed by atoms with Gasteiger partial charge in [-0.2, -0.15) is 0 Å². The molecule has 2 fully saturated rings. The quantitative estimate of drug-likeness (QED) is 0.888. The number of rotatable bonds is 4. The maximum atomic E-state index is 11.1. The Morgan fingerprint density at radius 3 is 2.79 bits per heavy atom. The number of carbonyl (C=O) groups is 1. The molecule has 1 saturated carbocycles. The van der Waals surface area contributed by atoms with Gasteiger partial charge in [0.1, 0.15) is 0 Å². The minimum Gasteiger partial charge on any atom is -0.352 e. The number of halogens is 1. The Morgan fingerprint density at radius 1 is 1.32 bits per heavy atom. The zero-order valence-electron chi connectivity index (χ0n) is 10.9.